The minimum atomic E-state index is 0.863. The first-order valence-corrected chi connectivity index (χ1v) is 7.33. The highest BCUT2D eigenvalue weighted by Crippen LogP contribution is 2.25. The highest BCUT2D eigenvalue weighted by atomic mass is 79.9. The summed E-state index contributed by atoms with van der Waals surface area (Å²) in [5, 5.41) is 3.44. The van der Waals surface area contributed by atoms with Crippen LogP contribution in [-0.4, -0.2) is 44.3 Å². The number of nitrogens with zero attached hydrogens (tertiary/aromatic N) is 1. The molecule has 0 aliphatic carbocycles. The van der Waals surface area contributed by atoms with E-state index in [9.17, 15) is 0 Å². The lowest BCUT2D eigenvalue weighted by Gasteiger charge is -2.26. The van der Waals surface area contributed by atoms with Gasteiger partial charge in [0.05, 0.1) is 13.2 Å². The molecule has 1 aliphatic heterocycles. The molecule has 1 saturated heterocycles. The largest absolute Gasteiger partial charge is 0.383 e. The van der Waals surface area contributed by atoms with Gasteiger partial charge >= 0.3 is 0 Å². The summed E-state index contributed by atoms with van der Waals surface area (Å²) in [5.74, 6) is 0. The number of nitrogens with one attached hydrogen (secondary N) is 1. The Kier molecular flexibility index (Phi) is 5.28. The van der Waals surface area contributed by atoms with Crippen molar-refractivity contribution in [3.05, 3.63) is 27.1 Å². The topological polar surface area (TPSA) is 24.5 Å². The number of halogens is 2. The second-order valence-corrected chi connectivity index (χ2v) is 5.77. The summed E-state index contributed by atoms with van der Waals surface area (Å²) < 4.78 is 7.50. The lowest BCUT2D eigenvalue weighted by Crippen LogP contribution is -2.39. The molecule has 0 atom stereocenters. The number of hydrogen-bond donors (Lipinski definition) is 1. The molecule has 0 radical (unpaired) electrons. The Morgan fingerprint density at radius 2 is 2.00 bits per heavy atom. The van der Waals surface area contributed by atoms with Crippen LogP contribution in [-0.2, 0) is 4.74 Å². The smallest absolute Gasteiger partial charge is 0.0594 e. The molecule has 2 rings (SSSR count). The molecule has 94 valence electrons. The van der Waals surface area contributed by atoms with Crippen molar-refractivity contribution in [2.75, 3.05) is 44.7 Å². The minimum absolute atomic E-state index is 0.863. The highest BCUT2D eigenvalue weighted by molar-refractivity contribution is 9.11. The summed E-state index contributed by atoms with van der Waals surface area (Å²) in [7, 11) is 0. The highest BCUT2D eigenvalue weighted by Gasteiger charge is 2.09. The van der Waals surface area contributed by atoms with Crippen molar-refractivity contribution >= 4 is 37.5 Å². The maximum absolute atomic E-state index is 5.32. The van der Waals surface area contributed by atoms with Gasteiger partial charge in [0.25, 0.3) is 0 Å². The Morgan fingerprint density at radius 1 is 1.24 bits per heavy atom. The molecule has 1 fully saturated rings. The molecule has 0 bridgehead atoms. The van der Waals surface area contributed by atoms with Crippen LogP contribution in [0, 0.1) is 0 Å². The molecule has 0 spiro atoms. The van der Waals surface area contributed by atoms with Gasteiger partial charge in [-0.3, -0.25) is 4.90 Å². The van der Waals surface area contributed by atoms with Crippen molar-refractivity contribution in [2.24, 2.45) is 0 Å². The third-order valence-corrected chi connectivity index (χ3v) is 3.93. The van der Waals surface area contributed by atoms with E-state index >= 15 is 0 Å². The fourth-order valence-electron chi connectivity index (χ4n) is 1.81. The van der Waals surface area contributed by atoms with Crippen molar-refractivity contribution in [3.63, 3.8) is 0 Å². The second-order valence-electron chi connectivity index (χ2n) is 4.00. The van der Waals surface area contributed by atoms with Crippen molar-refractivity contribution in [1.29, 1.82) is 0 Å². The van der Waals surface area contributed by atoms with E-state index in [2.05, 4.69) is 54.2 Å². The quantitative estimate of drug-likeness (QED) is 0.890. The summed E-state index contributed by atoms with van der Waals surface area (Å²) >= 11 is 6.99. The Balaban J connectivity index is 1.77. The fourth-order valence-corrected chi connectivity index (χ4v) is 2.99. The van der Waals surface area contributed by atoms with Crippen LogP contribution in [0.25, 0.3) is 0 Å². The van der Waals surface area contributed by atoms with E-state index in [0.29, 0.717) is 0 Å². The lowest BCUT2D eigenvalue weighted by atomic mass is 10.3. The van der Waals surface area contributed by atoms with Crippen LogP contribution < -0.4 is 5.32 Å². The second kappa shape index (κ2) is 6.73. The minimum Gasteiger partial charge on any atom is -0.383 e. The van der Waals surface area contributed by atoms with E-state index in [1.807, 2.05) is 6.07 Å². The van der Waals surface area contributed by atoms with Crippen molar-refractivity contribution in [1.82, 2.24) is 4.90 Å². The molecule has 1 aliphatic rings. The van der Waals surface area contributed by atoms with Gasteiger partial charge in [0.15, 0.2) is 0 Å². The molecule has 0 unspecified atom stereocenters. The molecule has 0 amide bonds. The van der Waals surface area contributed by atoms with Gasteiger partial charge in [-0.15, -0.1) is 0 Å². The molecular weight excluding hydrogens is 348 g/mol. The lowest BCUT2D eigenvalue weighted by molar-refractivity contribution is 0.0398. The first-order valence-electron chi connectivity index (χ1n) is 5.75. The summed E-state index contributed by atoms with van der Waals surface area (Å²) in [6, 6.07) is 6.17. The zero-order valence-electron chi connectivity index (χ0n) is 9.59. The van der Waals surface area contributed by atoms with Crippen molar-refractivity contribution in [2.45, 2.75) is 0 Å². The standard InChI is InChI=1S/C12H16Br2N2O/c13-10-1-2-12(11(14)9-10)15-3-4-16-5-7-17-8-6-16/h1-2,9,15H,3-8H2. The van der Waals surface area contributed by atoms with Crippen molar-refractivity contribution in [3.8, 4) is 0 Å². The van der Waals surface area contributed by atoms with E-state index in [0.717, 1.165) is 54.0 Å². The third-order valence-electron chi connectivity index (χ3n) is 2.78. The van der Waals surface area contributed by atoms with E-state index < -0.39 is 0 Å². The van der Waals surface area contributed by atoms with Gasteiger partial charge < -0.3 is 10.1 Å². The molecule has 0 saturated carbocycles. The van der Waals surface area contributed by atoms with E-state index in [-0.39, 0.29) is 0 Å². The average Bonchev–Trinajstić information content (AvgIpc) is 2.33. The maximum atomic E-state index is 5.32. The molecule has 1 heterocycles. The average molecular weight is 364 g/mol. The van der Waals surface area contributed by atoms with Gasteiger partial charge in [-0.1, -0.05) is 15.9 Å². The van der Waals surface area contributed by atoms with E-state index in [1.165, 1.54) is 0 Å². The van der Waals surface area contributed by atoms with Gasteiger partial charge in [0.1, 0.15) is 0 Å². The van der Waals surface area contributed by atoms with Gasteiger partial charge in [-0.05, 0) is 34.1 Å². The number of rotatable bonds is 4. The number of hydrogen-bond acceptors (Lipinski definition) is 3. The Labute approximate surface area is 119 Å². The first-order chi connectivity index (χ1) is 8.25. The monoisotopic (exact) mass is 362 g/mol. The molecule has 17 heavy (non-hydrogen) atoms. The van der Waals surface area contributed by atoms with Gasteiger partial charge in [-0.25, -0.2) is 0 Å². The van der Waals surface area contributed by atoms with E-state index in [4.69, 9.17) is 4.74 Å². The predicted octanol–water partition coefficient (Wildman–Crippen LogP) is 2.96. The van der Waals surface area contributed by atoms with Crippen LogP contribution in [0.5, 0.6) is 0 Å². The first kappa shape index (κ1) is 13.3. The van der Waals surface area contributed by atoms with Crippen LogP contribution in [0.4, 0.5) is 5.69 Å². The molecule has 1 aromatic carbocycles. The normalized spacial score (nSPS) is 17.1. The van der Waals surface area contributed by atoms with E-state index in [1.54, 1.807) is 0 Å². The Morgan fingerprint density at radius 3 is 2.71 bits per heavy atom. The van der Waals surface area contributed by atoms with Crippen LogP contribution in [0.2, 0.25) is 0 Å². The molecule has 1 N–H and O–H groups in total. The zero-order chi connectivity index (χ0) is 12.1. The zero-order valence-corrected chi connectivity index (χ0v) is 12.8. The van der Waals surface area contributed by atoms with Crippen LogP contribution in [0.15, 0.2) is 27.1 Å². The third kappa shape index (κ3) is 4.25. The molecule has 3 nitrogen and oxygen atoms in total. The summed E-state index contributed by atoms with van der Waals surface area (Å²) in [5.41, 5.74) is 1.14. The van der Waals surface area contributed by atoms with Crippen LogP contribution in [0.3, 0.4) is 0 Å². The van der Waals surface area contributed by atoms with Crippen LogP contribution >= 0.6 is 31.9 Å². The molecular formula is C12H16Br2N2O. The Hall–Kier alpha value is -0.100. The number of anilines is 1. The number of ether oxygens (including phenoxy) is 1. The summed E-state index contributed by atoms with van der Waals surface area (Å²) in [4.78, 5) is 2.42. The molecule has 5 heteroatoms. The maximum Gasteiger partial charge on any atom is 0.0594 e. The number of benzene rings is 1. The van der Waals surface area contributed by atoms with Crippen LogP contribution in [0.1, 0.15) is 0 Å². The van der Waals surface area contributed by atoms with Crippen molar-refractivity contribution < 1.29 is 4.74 Å². The molecule has 1 aromatic rings. The van der Waals surface area contributed by atoms with Gasteiger partial charge in [0, 0.05) is 40.8 Å². The van der Waals surface area contributed by atoms with Gasteiger partial charge in [-0.2, -0.15) is 0 Å². The molecule has 0 aromatic heterocycles. The fraction of sp³-hybridized carbons (Fsp3) is 0.500. The predicted molar refractivity (Wildman–Crippen MR) is 77.6 cm³/mol. The summed E-state index contributed by atoms with van der Waals surface area (Å²) in [6.45, 7) is 5.84. The SMILES string of the molecule is Brc1ccc(NCCN2CCOCC2)c(Br)c1. The Bertz CT molecular complexity index is 368. The summed E-state index contributed by atoms with van der Waals surface area (Å²) in [6.07, 6.45) is 0. The number of morpholine rings is 1. The van der Waals surface area contributed by atoms with Gasteiger partial charge in [0.2, 0.25) is 0 Å².